The number of ether oxygens (including phenoxy) is 1. The van der Waals surface area contributed by atoms with Crippen LogP contribution >= 0.6 is 12.2 Å². The van der Waals surface area contributed by atoms with Crippen molar-refractivity contribution in [1.82, 2.24) is 4.98 Å². The molecule has 0 amide bonds. The second kappa shape index (κ2) is 6.14. The summed E-state index contributed by atoms with van der Waals surface area (Å²) < 4.78 is 5.73. The molecule has 0 spiro atoms. The van der Waals surface area contributed by atoms with Crippen molar-refractivity contribution >= 4 is 17.2 Å². The fourth-order valence-electron chi connectivity index (χ4n) is 2.21. The van der Waals surface area contributed by atoms with Gasteiger partial charge in [-0.15, -0.1) is 0 Å². The minimum Gasteiger partial charge on any atom is -0.477 e. The van der Waals surface area contributed by atoms with Crippen LogP contribution in [0.15, 0.2) is 6.07 Å². The lowest BCUT2D eigenvalue weighted by Gasteiger charge is -2.18. The van der Waals surface area contributed by atoms with Gasteiger partial charge in [0.1, 0.15) is 4.99 Å². The highest BCUT2D eigenvalue weighted by atomic mass is 32.1. The Hall–Kier alpha value is -1.16. The normalized spacial score (nSPS) is 14.1. The standard InChI is InChI=1S/C14H20N2OS/c1-2-3-8-17-14-11(13(15)18)9-10-6-4-5-7-12(10)16-14/h9H,2-8H2,1H3,(H2,15,18). The van der Waals surface area contributed by atoms with Gasteiger partial charge in [0.15, 0.2) is 0 Å². The van der Waals surface area contributed by atoms with E-state index in [1.54, 1.807) is 0 Å². The van der Waals surface area contributed by atoms with E-state index in [1.165, 1.54) is 18.4 Å². The third-order valence-electron chi connectivity index (χ3n) is 3.27. The average Bonchev–Trinajstić information content (AvgIpc) is 2.38. The number of nitrogens with zero attached hydrogens (tertiary/aromatic N) is 1. The monoisotopic (exact) mass is 264 g/mol. The molecule has 18 heavy (non-hydrogen) atoms. The summed E-state index contributed by atoms with van der Waals surface area (Å²) in [5.74, 6) is 0.622. The van der Waals surface area contributed by atoms with Gasteiger partial charge in [-0.1, -0.05) is 25.6 Å². The number of hydrogen-bond donors (Lipinski definition) is 1. The molecular weight excluding hydrogens is 244 g/mol. The Labute approximate surface area is 114 Å². The van der Waals surface area contributed by atoms with Crippen molar-refractivity contribution in [3.8, 4) is 5.88 Å². The minimum atomic E-state index is 0.377. The molecule has 0 aliphatic heterocycles. The summed E-state index contributed by atoms with van der Waals surface area (Å²) in [7, 11) is 0. The van der Waals surface area contributed by atoms with Gasteiger partial charge in [-0.05, 0) is 43.7 Å². The van der Waals surface area contributed by atoms with E-state index in [0.717, 1.165) is 36.9 Å². The van der Waals surface area contributed by atoms with Crippen molar-refractivity contribution in [3.63, 3.8) is 0 Å². The molecule has 0 saturated heterocycles. The van der Waals surface area contributed by atoms with Gasteiger partial charge in [0.2, 0.25) is 5.88 Å². The zero-order valence-electron chi connectivity index (χ0n) is 10.9. The van der Waals surface area contributed by atoms with E-state index >= 15 is 0 Å². The second-order valence-electron chi connectivity index (χ2n) is 4.72. The molecule has 3 nitrogen and oxygen atoms in total. The highest BCUT2D eigenvalue weighted by molar-refractivity contribution is 7.80. The van der Waals surface area contributed by atoms with Crippen LogP contribution in [0.4, 0.5) is 0 Å². The first kappa shape index (κ1) is 13.3. The maximum atomic E-state index is 5.76. The molecule has 1 aromatic heterocycles. The lowest BCUT2D eigenvalue weighted by molar-refractivity contribution is 0.296. The van der Waals surface area contributed by atoms with Gasteiger partial charge in [-0.2, -0.15) is 0 Å². The molecular formula is C14H20N2OS. The molecule has 2 N–H and O–H groups in total. The lowest BCUT2D eigenvalue weighted by Crippen LogP contribution is -2.16. The van der Waals surface area contributed by atoms with Crippen LogP contribution in [-0.2, 0) is 12.8 Å². The van der Waals surface area contributed by atoms with E-state index in [-0.39, 0.29) is 0 Å². The number of fused-ring (bicyclic) bond motifs is 1. The number of hydrogen-bond acceptors (Lipinski definition) is 3. The van der Waals surface area contributed by atoms with Crippen molar-refractivity contribution in [2.45, 2.75) is 45.4 Å². The Morgan fingerprint density at radius 1 is 1.44 bits per heavy atom. The van der Waals surface area contributed by atoms with E-state index in [4.69, 9.17) is 22.7 Å². The number of nitrogens with two attached hydrogens (primary N) is 1. The molecule has 0 radical (unpaired) electrons. The smallest absolute Gasteiger partial charge is 0.224 e. The van der Waals surface area contributed by atoms with Crippen LogP contribution in [0.1, 0.15) is 49.4 Å². The Morgan fingerprint density at radius 2 is 2.22 bits per heavy atom. The summed E-state index contributed by atoms with van der Waals surface area (Å²) in [5.41, 5.74) is 9.00. The van der Waals surface area contributed by atoms with Crippen LogP contribution < -0.4 is 10.5 Å². The molecule has 0 aromatic carbocycles. The zero-order valence-corrected chi connectivity index (χ0v) is 11.7. The zero-order chi connectivity index (χ0) is 13.0. The van der Waals surface area contributed by atoms with Crippen LogP contribution in [-0.4, -0.2) is 16.6 Å². The Kier molecular flexibility index (Phi) is 4.53. The van der Waals surface area contributed by atoms with Crippen LogP contribution in [0.2, 0.25) is 0 Å². The summed E-state index contributed by atoms with van der Waals surface area (Å²) in [5, 5.41) is 0. The number of pyridine rings is 1. The van der Waals surface area contributed by atoms with E-state index in [0.29, 0.717) is 17.5 Å². The number of rotatable bonds is 5. The van der Waals surface area contributed by atoms with Gasteiger partial charge in [0.25, 0.3) is 0 Å². The molecule has 4 heteroatoms. The molecule has 0 fully saturated rings. The molecule has 2 rings (SSSR count). The third kappa shape index (κ3) is 2.99. The SMILES string of the molecule is CCCCOc1nc2c(cc1C(N)=S)CCCC2. The third-order valence-corrected chi connectivity index (χ3v) is 3.49. The molecule has 0 bridgehead atoms. The number of unbranched alkanes of at least 4 members (excludes halogenated alkanes) is 1. The summed E-state index contributed by atoms with van der Waals surface area (Å²) >= 11 is 5.09. The Balaban J connectivity index is 2.27. The molecule has 0 atom stereocenters. The van der Waals surface area contributed by atoms with Crippen molar-refractivity contribution in [3.05, 3.63) is 22.9 Å². The van der Waals surface area contributed by atoms with E-state index in [1.807, 2.05) is 0 Å². The number of aryl methyl sites for hydroxylation is 2. The van der Waals surface area contributed by atoms with Crippen LogP contribution in [0.25, 0.3) is 0 Å². The van der Waals surface area contributed by atoms with E-state index in [9.17, 15) is 0 Å². The maximum Gasteiger partial charge on any atom is 0.224 e. The van der Waals surface area contributed by atoms with Gasteiger partial charge >= 0.3 is 0 Å². The largest absolute Gasteiger partial charge is 0.477 e. The summed E-state index contributed by atoms with van der Waals surface area (Å²) in [6.45, 7) is 2.82. The van der Waals surface area contributed by atoms with Gasteiger partial charge in [-0.3, -0.25) is 0 Å². The fourth-order valence-corrected chi connectivity index (χ4v) is 2.36. The Morgan fingerprint density at radius 3 is 2.94 bits per heavy atom. The summed E-state index contributed by atoms with van der Waals surface area (Å²) in [4.78, 5) is 4.99. The van der Waals surface area contributed by atoms with Crippen molar-refractivity contribution < 1.29 is 4.74 Å². The molecule has 0 unspecified atom stereocenters. The first-order valence-electron chi connectivity index (χ1n) is 6.67. The molecule has 1 aliphatic carbocycles. The molecule has 98 valence electrons. The van der Waals surface area contributed by atoms with Crippen molar-refractivity contribution in [1.29, 1.82) is 0 Å². The highest BCUT2D eigenvalue weighted by Crippen LogP contribution is 2.26. The van der Waals surface area contributed by atoms with Crippen LogP contribution in [0.5, 0.6) is 5.88 Å². The van der Waals surface area contributed by atoms with Crippen LogP contribution in [0.3, 0.4) is 0 Å². The van der Waals surface area contributed by atoms with Crippen molar-refractivity contribution in [2.24, 2.45) is 5.73 Å². The maximum absolute atomic E-state index is 5.76. The average molecular weight is 264 g/mol. The molecule has 1 aliphatic rings. The quantitative estimate of drug-likeness (QED) is 0.656. The minimum absolute atomic E-state index is 0.377. The first-order chi connectivity index (χ1) is 8.72. The topological polar surface area (TPSA) is 48.1 Å². The number of thiocarbonyl (C=S) groups is 1. The summed E-state index contributed by atoms with van der Waals surface area (Å²) in [6.07, 6.45) is 6.68. The van der Waals surface area contributed by atoms with Gasteiger partial charge in [0.05, 0.1) is 12.2 Å². The second-order valence-corrected chi connectivity index (χ2v) is 5.16. The van der Waals surface area contributed by atoms with Crippen LogP contribution in [0, 0.1) is 0 Å². The molecule has 1 aromatic rings. The fraction of sp³-hybridized carbons (Fsp3) is 0.571. The van der Waals surface area contributed by atoms with Gasteiger partial charge < -0.3 is 10.5 Å². The summed E-state index contributed by atoms with van der Waals surface area (Å²) in [6, 6.07) is 2.07. The lowest BCUT2D eigenvalue weighted by atomic mass is 9.95. The van der Waals surface area contributed by atoms with Gasteiger partial charge in [0, 0.05) is 5.69 Å². The van der Waals surface area contributed by atoms with Crippen molar-refractivity contribution in [2.75, 3.05) is 6.61 Å². The predicted octanol–water partition coefficient (Wildman–Crippen LogP) is 2.77. The van der Waals surface area contributed by atoms with E-state index in [2.05, 4.69) is 18.0 Å². The molecule has 1 heterocycles. The Bertz CT molecular complexity index is 446. The highest BCUT2D eigenvalue weighted by Gasteiger charge is 2.17. The first-order valence-corrected chi connectivity index (χ1v) is 7.08. The van der Waals surface area contributed by atoms with E-state index < -0.39 is 0 Å². The van der Waals surface area contributed by atoms with Gasteiger partial charge in [-0.25, -0.2) is 4.98 Å². The number of aromatic nitrogens is 1. The molecule has 0 saturated carbocycles. The predicted molar refractivity (Wildman–Crippen MR) is 77.2 cm³/mol.